The summed E-state index contributed by atoms with van der Waals surface area (Å²) < 4.78 is 17.2. The maximum atomic E-state index is 12.7. The van der Waals surface area contributed by atoms with E-state index in [0.29, 0.717) is 12.8 Å². The molecule has 0 aromatic carbocycles. The van der Waals surface area contributed by atoms with Gasteiger partial charge in [-0.15, -0.1) is 0 Å². The molecule has 0 aliphatic heterocycles. The van der Waals surface area contributed by atoms with E-state index >= 15 is 0 Å². The number of esters is 2. The van der Waals surface area contributed by atoms with Crippen molar-refractivity contribution in [2.24, 2.45) is 0 Å². The number of hydrogen-bond acceptors (Lipinski definition) is 7. The Labute approximate surface area is 332 Å². The van der Waals surface area contributed by atoms with Gasteiger partial charge in [-0.2, -0.15) is 0 Å². The van der Waals surface area contributed by atoms with Crippen LogP contribution >= 0.6 is 0 Å². The van der Waals surface area contributed by atoms with Crippen LogP contribution in [0.2, 0.25) is 0 Å². The highest BCUT2D eigenvalue weighted by molar-refractivity contribution is 5.70. The molecule has 54 heavy (non-hydrogen) atoms. The molecule has 0 radical (unpaired) electrons. The lowest BCUT2D eigenvalue weighted by molar-refractivity contribution is -0.889. The van der Waals surface area contributed by atoms with Gasteiger partial charge in [0, 0.05) is 19.3 Å². The highest BCUT2D eigenvalue weighted by Crippen LogP contribution is 2.15. The molecule has 0 heterocycles. The van der Waals surface area contributed by atoms with Crippen LogP contribution in [0, 0.1) is 0 Å². The Morgan fingerprint density at radius 1 is 0.574 bits per heavy atom. The number of rotatable bonds is 39. The number of ether oxygens (including phenoxy) is 3. The van der Waals surface area contributed by atoms with E-state index in [1.165, 1.54) is 103 Å². The van der Waals surface area contributed by atoms with Gasteiger partial charge in [0.05, 0.1) is 40.3 Å². The van der Waals surface area contributed by atoms with E-state index in [1.54, 1.807) is 21.1 Å². The van der Waals surface area contributed by atoms with Gasteiger partial charge in [0.15, 0.2) is 6.10 Å². The fourth-order valence-electron chi connectivity index (χ4n) is 6.42. The number of allylic oxidation sites excluding steroid dienone is 6. The van der Waals surface area contributed by atoms with Crippen LogP contribution in [0.15, 0.2) is 36.5 Å². The molecule has 8 heteroatoms. The smallest absolute Gasteiger partial charge is 0.306 e. The Bertz CT molecular complexity index is 984. The average Bonchev–Trinajstić information content (AvgIpc) is 3.12. The third-order valence-corrected chi connectivity index (χ3v) is 9.85. The van der Waals surface area contributed by atoms with Crippen LogP contribution in [-0.2, 0) is 28.6 Å². The van der Waals surface area contributed by atoms with Gasteiger partial charge in [-0.25, -0.2) is 0 Å². The predicted molar refractivity (Wildman–Crippen MR) is 222 cm³/mol. The number of nitrogens with zero attached hydrogens (tertiary/aromatic N) is 1. The fraction of sp³-hybridized carbons (Fsp3) is 0.804. The van der Waals surface area contributed by atoms with Crippen molar-refractivity contribution in [3.8, 4) is 0 Å². The summed E-state index contributed by atoms with van der Waals surface area (Å²) in [5.41, 5.74) is 0. The molecule has 0 bridgehead atoms. The Morgan fingerprint density at radius 3 is 1.52 bits per heavy atom. The van der Waals surface area contributed by atoms with Crippen LogP contribution in [0.1, 0.15) is 187 Å². The molecule has 0 aliphatic rings. The van der Waals surface area contributed by atoms with Crippen LogP contribution in [0.4, 0.5) is 0 Å². The Morgan fingerprint density at radius 2 is 1.04 bits per heavy atom. The molecule has 0 saturated carbocycles. The van der Waals surface area contributed by atoms with E-state index in [2.05, 4.69) is 50.3 Å². The highest BCUT2D eigenvalue weighted by atomic mass is 16.6. The summed E-state index contributed by atoms with van der Waals surface area (Å²) in [5, 5.41) is 11.6. The van der Waals surface area contributed by atoms with Gasteiger partial charge >= 0.3 is 11.9 Å². The first-order valence-corrected chi connectivity index (χ1v) is 22.0. The van der Waals surface area contributed by atoms with Crippen LogP contribution in [0.3, 0.4) is 0 Å². The lowest BCUT2D eigenvalue weighted by atomic mass is 10.0. The summed E-state index contributed by atoms with van der Waals surface area (Å²) in [6, 6.07) is -0.725. The molecule has 0 spiro atoms. The number of carbonyl (C=O) groups excluding carboxylic acids is 3. The van der Waals surface area contributed by atoms with Gasteiger partial charge in [-0.1, -0.05) is 172 Å². The van der Waals surface area contributed by atoms with E-state index in [1.807, 2.05) is 0 Å². The van der Waals surface area contributed by atoms with Gasteiger partial charge in [0.1, 0.15) is 12.6 Å². The first-order valence-electron chi connectivity index (χ1n) is 22.0. The molecule has 314 valence electrons. The summed E-state index contributed by atoms with van der Waals surface area (Å²) in [7, 11) is 5.40. The zero-order valence-electron chi connectivity index (χ0n) is 35.6. The maximum absolute atomic E-state index is 12.7. The summed E-state index contributed by atoms with van der Waals surface area (Å²) in [5.74, 6) is -1.74. The van der Waals surface area contributed by atoms with Gasteiger partial charge in [0.25, 0.3) is 0 Å². The molecule has 2 atom stereocenters. The second-order valence-corrected chi connectivity index (χ2v) is 16.0. The van der Waals surface area contributed by atoms with Crippen LogP contribution in [0.5, 0.6) is 0 Å². The van der Waals surface area contributed by atoms with E-state index in [9.17, 15) is 19.5 Å². The number of aliphatic carboxylic acids is 1. The standard InChI is InChI=1S/C46H83NO7/c1-6-8-10-12-14-16-18-20-22-24-26-28-30-32-34-36-44(48)53-41-42(40-52-39-38-43(46(50)51)47(3,4)5)54-45(49)37-35-33-31-29-27-25-23-21-19-17-15-13-11-9-7-2/h8,10,12,14,16,18,42-43H,6-7,9,11,13,15,17,19-41H2,1-5H3/b10-8+,14-12+,18-16+. The number of carboxylic acids is 1. The number of carbonyl (C=O) groups is 3. The second kappa shape index (κ2) is 37.5. The summed E-state index contributed by atoms with van der Waals surface area (Å²) >= 11 is 0. The van der Waals surface area contributed by atoms with Crippen LogP contribution in [-0.4, -0.2) is 75.5 Å². The minimum Gasteiger partial charge on any atom is -0.544 e. The van der Waals surface area contributed by atoms with Crippen molar-refractivity contribution in [1.29, 1.82) is 0 Å². The first kappa shape index (κ1) is 51.5. The van der Waals surface area contributed by atoms with Gasteiger partial charge < -0.3 is 28.6 Å². The van der Waals surface area contributed by atoms with Gasteiger partial charge in [0.2, 0.25) is 0 Å². The number of likely N-dealkylation sites (N-methyl/N-ethyl adjacent to an activating group) is 1. The Balaban J connectivity index is 4.34. The molecule has 0 amide bonds. The second-order valence-electron chi connectivity index (χ2n) is 16.0. The Hall–Kier alpha value is -2.45. The molecule has 0 aromatic heterocycles. The lowest BCUT2D eigenvalue weighted by Gasteiger charge is -2.34. The molecule has 0 aliphatic carbocycles. The van der Waals surface area contributed by atoms with Crippen molar-refractivity contribution >= 4 is 17.9 Å². The van der Waals surface area contributed by atoms with Gasteiger partial charge in [-0.3, -0.25) is 9.59 Å². The van der Waals surface area contributed by atoms with Crippen LogP contribution in [0.25, 0.3) is 0 Å². The van der Waals surface area contributed by atoms with E-state index in [-0.39, 0.29) is 42.7 Å². The molecule has 0 rings (SSSR count). The molecule has 0 fully saturated rings. The third kappa shape index (κ3) is 35.3. The average molecular weight is 762 g/mol. The van der Waals surface area contributed by atoms with E-state index in [0.717, 1.165) is 51.4 Å². The molecule has 0 aromatic rings. The van der Waals surface area contributed by atoms with Crippen LogP contribution < -0.4 is 5.11 Å². The molecular weight excluding hydrogens is 679 g/mol. The largest absolute Gasteiger partial charge is 0.544 e. The fourth-order valence-corrected chi connectivity index (χ4v) is 6.42. The SMILES string of the molecule is CC/C=C/C=C/C=C/CCCCCCCCCC(=O)OCC(COCCC(C(=O)[O-])[N+](C)(C)C)OC(=O)CCCCCCCCCCCCCCCCC. The number of quaternary nitrogens is 1. The first-order chi connectivity index (χ1) is 26.1. The molecule has 0 saturated heterocycles. The van der Waals surface area contributed by atoms with Crippen molar-refractivity contribution in [1.82, 2.24) is 0 Å². The summed E-state index contributed by atoms with van der Waals surface area (Å²) in [6.07, 6.45) is 41.6. The van der Waals surface area contributed by atoms with Crippen molar-refractivity contribution < 1.29 is 38.2 Å². The minimum atomic E-state index is -1.13. The quantitative estimate of drug-likeness (QED) is 0.0266. The van der Waals surface area contributed by atoms with E-state index in [4.69, 9.17) is 14.2 Å². The zero-order chi connectivity index (χ0) is 40.0. The zero-order valence-corrected chi connectivity index (χ0v) is 35.6. The molecule has 8 nitrogen and oxygen atoms in total. The maximum Gasteiger partial charge on any atom is 0.306 e. The van der Waals surface area contributed by atoms with Crippen molar-refractivity contribution in [2.75, 3.05) is 41.0 Å². The van der Waals surface area contributed by atoms with Crippen molar-refractivity contribution in [3.63, 3.8) is 0 Å². The molecular formula is C46H83NO7. The monoisotopic (exact) mass is 762 g/mol. The Kier molecular flexibility index (Phi) is 35.8. The minimum absolute atomic E-state index is 0.0393. The predicted octanol–water partition coefficient (Wildman–Crippen LogP) is 10.5. The van der Waals surface area contributed by atoms with E-state index < -0.39 is 18.1 Å². The number of carboxylic acid groups (broad SMARTS) is 1. The number of unbranched alkanes of at least 4 members (excludes halogenated alkanes) is 21. The van der Waals surface area contributed by atoms with Crippen molar-refractivity contribution in [3.05, 3.63) is 36.5 Å². The topological polar surface area (TPSA) is 102 Å². The summed E-state index contributed by atoms with van der Waals surface area (Å²) in [4.78, 5) is 36.8. The number of hydrogen-bond donors (Lipinski definition) is 0. The van der Waals surface area contributed by atoms with Crippen molar-refractivity contribution in [2.45, 2.75) is 199 Å². The lowest BCUT2D eigenvalue weighted by Crippen LogP contribution is -2.55. The molecule has 0 N–H and O–H groups in total. The summed E-state index contributed by atoms with van der Waals surface area (Å²) in [6.45, 7) is 4.53. The normalized spacial score (nSPS) is 13.3. The highest BCUT2D eigenvalue weighted by Gasteiger charge is 2.25. The molecule has 2 unspecified atom stereocenters. The van der Waals surface area contributed by atoms with Gasteiger partial charge in [-0.05, 0) is 32.1 Å². The third-order valence-electron chi connectivity index (χ3n) is 9.85.